The molecule has 0 amide bonds. The molecule has 4 heteroatoms. The lowest BCUT2D eigenvalue weighted by Crippen LogP contribution is -1.99. The number of hydrogen-bond acceptors (Lipinski definition) is 3. The Bertz CT molecular complexity index is 818. The van der Waals surface area contributed by atoms with E-state index in [1.807, 2.05) is 30.5 Å². The molecule has 0 aliphatic carbocycles. The quantitative estimate of drug-likeness (QED) is 0.676. The van der Waals surface area contributed by atoms with Gasteiger partial charge >= 0.3 is 0 Å². The molecule has 0 aliphatic heterocycles. The van der Waals surface area contributed by atoms with Crippen LogP contribution in [-0.4, -0.2) is 22.9 Å². The van der Waals surface area contributed by atoms with Gasteiger partial charge in [0.15, 0.2) is 0 Å². The standard InChI is InChI=1S/C19H19N3O/c1-14-11-16(12-20-17-9-10-19(23-3)21-13-17)15(2)22(14)18-7-5-4-6-8-18/h4-13H,1-3H3. The van der Waals surface area contributed by atoms with Crippen LogP contribution in [0.3, 0.4) is 0 Å². The first-order valence-electron chi connectivity index (χ1n) is 7.47. The minimum absolute atomic E-state index is 0.589. The maximum atomic E-state index is 5.05. The number of nitrogens with zero attached hydrogens (tertiary/aromatic N) is 3. The molecule has 0 spiro atoms. The van der Waals surface area contributed by atoms with Gasteiger partial charge in [-0.3, -0.25) is 4.99 Å². The number of rotatable bonds is 4. The van der Waals surface area contributed by atoms with Crippen LogP contribution < -0.4 is 4.74 Å². The largest absolute Gasteiger partial charge is 0.481 e. The summed E-state index contributed by atoms with van der Waals surface area (Å²) in [6.07, 6.45) is 3.58. The number of hydrogen-bond donors (Lipinski definition) is 0. The molecule has 4 nitrogen and oxygen atoms in total. The molecular formula is C19H19N3O. The van der Waals surface area contributed by atoms with Crippen molar-refractivity contribution in [2.45, 2.75) is 13.8 Å². The molecule has 0 atom stereocenters. The van der Waals surface area contributed by atoms with Gasteiger partial charge in [0.25, 0.3) is 0 Å². The molecule has 0 saturated heterocycles. The van der Waals surface area contributed by atoms with Crippen LogP contribution in [0.4, 0.5) is 5.69 Å². The summed E-state index contributed by atoms with van der Waals surface area (Å²) < 4.78 is 7.28. The molecule has 0 fully saturated rings. The van der Waals surface area contributed by atoms with Crippen molar-refractivity contribution in [2.75, 3.05) is 7.11 Å². The third kappa shape index (κ3) is 3.16. The third-order valence-electron chi connectivity index (χ3n) is 3.77. The molecule has 0 unspecified atom stereocenters. The second-order valence-electron chi connectivity index (χ2n) is 5.31. The molecule has 3 rings (SSSR count). The van der Waals surface area contributed by atoms with Crippen molar-refractivity contribution in [1.29, 1.82) is 0 Å². The molecule has 3 aromatic rings. The normalized spacial score (nSPS) is 11.1. The number of methoxy groups -OCH3 is 1. The van der Waals surface area contributed by atoms with Crippen LogP contribution in [0.25, 0.3) is 5.69 Å². The fourth-order valence-electron chi connectivity index (χ4n) is 2.61. The number of para-hydroxylation sites is 1. The van der Waals surface area contributed by atoms with E-state index < -0.39 is 0 Å². The average Bonchev–Trinajstić information content (AvgIpc) is 2.88. The molecule has 2 heterocycles. The Morgan fingerprint density at radius 3 is 2.52 bits per heavy atom. The van der Waals surface area contributed by atoms with E-state index in [0.29, 0.717) is 5.88 Å². The number of ether oxygens (including phenoxy) is 1. The lowest BCUT2D eigenvalue weighted by molar-refractivity contribution is 0.398. The molecule has 0 aliphatic rings. The fraction of sp³-hybridized carbons (Fsp3) is 0.158. The van der Waals surface area contributed by atoms with E-state index in [1.165, 1.54) is 11.4 Å². The second-order valence-corrected chi connectivity index (χ2v) is 5.31. The van der Waals surface area contributed by atoms with Crippen LogP contribution in [0.5, 0.6) is 5.88 Å². The summed E-state index contributed by atoms with van der Waals surface area (Å²) in [4.78, 5) is 8.67. The molecule has 23 heavy (non-hydrogen) atoms. The molecule has 0 bridgehead atoms. The van der Waals surface area contributed by atoms with Gasteiger partial charge in [0, 0.05) is 34.9 Å². The van der Waals surface area contributed by atoms with E-state index in [2.05, 4.69) is 46.6 Å². The van der Waals surface area contributed by atoms with Gasteiger partial charge in [-0.05, 0) is 38.1 Å². The van der Waals surface area contributed by atoms with Crippen molar-refractivity contribution < 1.29 is 4.74 Å². The van der Waals surface area contributed by atoms with E-state index in [4.69, 9.17) is 4.74 Å². The first kappa shape index (κ1) is 15.0. The van der Waals surface area contributed by atoms with Crippen LogP contribution in [0.1, 0.15) is 17.0 Å². The predicted octanol–water partition coefficient (Wildman–Crippen LogP) is 4.25. The summed E-state index contributed by atoms with van der Waals surface area (Å²) in [5.41, 5.74) is 5.41. The van der Waals surface area contributed by atoms with Gasteiger partial charge in [0.05, 0.1) is 19.0 Å². The summed E-state index contributed by atoms with van der Waals surface area (Å²) in [5, 5.41) is 0. The molecule has 1 aromatic carbocycles. The number of benzene rings is 1. The number of aliphatic imine (C=N–C) groups is 1. The number of aryl methyl sites for hydroxylation is 1. The molecule has 116 valence electrons. The van der Waals surface area contributed by atoms with E-state index in [-0.39, 0.29) is 0 Å². The van der Waals surface area contributed by atoms with Crippen LogP contribution >= 0.6 is 0 Å². The Kier molecular flexibility index (Phi) is 4.24. The van der Waals surface area contributed by atoms with E-state index >= 15 is 0 Å². The minimum atomic E-state index is 0.589. The van der Waals surface area contributed by atoms with Gasteiger partial charge in [-0.15, -0.1) is 0 Å². The first-order valence-corrected chi connectivity index (χ1v) is 7.47. The molecular weight excluding hydrogens is 286 g/mol. The first-order chi connectivity index (χ1) is 11.2. The predicted molar refractivity (Wildman–Crippen MR) is 93.3 cm³/mol. The molecule has 0 saturated carbocycles. The highest BCUT2D eigenvalue weighted by Crippen LogP contribution is 2.20. The summed E-state index contributed by atoms with van der Waals surface area (Å²) in [6.45, 7) is 4.21. The summed E-state index contributed by atoms with van der Waals surface area (Å²) in [6, 6.07) is 16.2. The van der Waals surface area contributed by atoms with Gasteiger partial charge in [-0.2, -0.15) is 0 Å². The van der Waals surface area contributed by atoms with Gasteiger partial charge in [0.2, 0.25) is 5.88 Å². The average molecular weight is 305 g/mol. The van der Waals surface area contributed by atoms with Crippen LogP contribution in [0, 0.1) is 13.8 Å². The lowest BCUT2D eigenvalue weighted by atomic mass is 10.2. The van der Waals surface area contributed by atoms with Crippen LogP contribution in [0.15, 0.2) is 59.7 Å². The molecule has 2 aromatic heterocycles. The Labute approximate surface area is 136 Å². The van der Waals surface area contributed by atoms with Crippen molar-refractivity contribution >= 4 is 11.9 Å². The highest BCUT2D eigenvalue weighted by atomic mass is 16.5. The third-order valence-corrected chi connectivity index (χ3v) is 3.77. The Morgan fingerprint density at radius 2 is 1.87 bits per heavy atom. The fourth-order valence-corrected chi connectivity index (χ4v) is 2.61. The van der Waals surface area contributed by atoms with E-state index in [1.54, 1.807) is 19.4 Å². The van der Waals surface area contributed by atoms with E-state index in [9.17, 15) is 0 Å². The zero-order valence-electron chi connectivity index (χ0n) is 13.5. The minimum Gasteiger partial charge on any atom is -0.481 e. The van der Waals surface area contributed by atoms with Crippen molar-refractivity contribution in [3.63, 3.8) is 0 Å². The van der Waals surface area contributed by atoms with Crippen LogP contribution in [-0.2, 0) is 0 Å². The number of aromatic nitrogens is 2. The monoisotopic (exact) mass is 305 g/mol. The highest BCUT2D eigenvalue weighted by Gasteiger charge is 2.08. The van der Waals surface area contributed by atoms with Crippen molar-refractivity contribution in [1.82, 2.24) is 9.55 Å². The smallest absolute Gasteiger partial charge is 0.213 e. The van der Waals surface area contributed by atoms with Crippen LogP contribution in [0.2, 0.25) is 0 Å². The Balaban J connectivity index is 1.90. The Morgan fingerprint density at radius 1 is 1.09 bits per heavy atom. The maximum absolute atomic E-state index is 5.05. The molecule has 0 N–H and O–H groups in total. The zero-order chi connectivity index (χ0) is 16.2. The summed E-state index contributed by atoms with van der Waals surface area (Å²) >= 11 is 0. The Hall–Kier alpha value is -2.88. The van der Waals surface area contributed by atoms with Gasteiger partial charge in [0.1, 0.15) is 0 Å². The number of pyridine rings is 1. The highest BCUT2D eigenvalue weighted by molar-refractivity contribution is 5.84. The second kappa shape index (κ2) is 6.48. The topological polar surface area (TPSA) is 39.4 Å². The van der Waals surface area contributed by atoms with Crippen molar-refractivity contribution in [3.8, 4) is 11.6 Å². The maximum Gasteiger partial charge on any atom is 0.213 e. The van der Waals surface area contributed by atoms with E-state index in [0.717, 1.165) is 16.9 Å². The zero-order valence-corrected chi connectivity index (χ0v) is 13.5. The summed E-state index contributed by atoms with van der Waals surface area (Å²) in [5.74, 6) is 0.589. The van der Waals surface area contributed by atoms with Crippen molar-refractivity contribution in [2.24, 2.45) is 4.99 Å². The SMILES string of the molecule is COc1ccc(N=Cc2cc(C)n(-c3ccccc3)c2C)cn1. The molecule has 0 radical (unpaired) electrons. The summed E-state index contributed by atoms with van der Waals surface area (Å²) in [7, 11) is 1.60. The lowest BCUT2D eigenvalue weighted by Gasteiger charge is -2.08. The van der Waals surface area contributed by atoms with Gasteiger partial charge in [-0.25, -0.2) is 4.98 Å². The van der Waals surface area contributed by atoms with Gasteiger partial charge < -0.3 is 9.30 Å². The van der Waals surface area contributed by atoms with Gasteiger partial charge in [-0.1, -0.05) is 18.2 Å². The van der Waals surface area contributed by atoms with Crippen molar-refractivity contribution in [3.05, 3.63) is 71.7 Å².